The molecular formula is C10H11N3O. The molecule has 4 nitrogen and oxygen atoms in total. The van der Waals surface area contributed by atoms with Crippen LogP contribution in [0.1, 0.15) is 0 Å². The predicted molar refractivity (Wildman–Crippen MR) is 56.4 cm³/mol. The Kier molecular flexibility index (Phi) is 2.10. The molecule has 1 aromatic heterocycles. The molecule has 2 aromatic rings. The summed E-state index contributed by atoms with van der Waals surface area (Å²) in [6.45, 7) is 0. The molecule has 0 saturated carbocycles. The molecule has 0 radical (unpaired) electrons. The third-order valence-corrected chi connectivity index (χ3v) is 2.08. The largest absolute Gasteiger partial charge is 0.388 e. The van der Waals surface area contributed by atoms with Crippen molar-refractivity contribution in [1.29, 1.82) is 0 Å². The van der Waals surface area contributed by atoms with Gasteiger partial charge in [0.2, 0.25) is 0 Å². The van der Waals surface area contributed by atoms with Crippen molar-refractivity contribution in [2.24, 2.45) is 0 Å². The first-order chi connectivity index (χ1) is 6.79. The van der Waals surface area contributed by atoms with Gasteiger partial charge in [0, 0.05) is 18.8 Å². The lowest BCUT2D eigenvalue weighted by Gasteiger charge is -2.00. The third kappa shape index (κ3) is 1.54. The molecule has 0 aliphatic carbocycles. The molecule has 0 aliphatic heterocycles. The van der Waals surface area contributed by atoms with Crippen molar-refractivity contribution >= 4 is 5.69 Å². The van der Waals surface area contributed by atoms with E-state index in [0.717, 1.165) is 16.9 Å². The van der Waals surface area contributed by atoms with Crippen LogP contribution in [0, 0.1) is 0 Å². The SMILES string of the molecule is CNc1ccc(-c2cc(=O)[nH][nH]2)cc1. The Morgan fingerprint density at radius 3 is 2.36 bits per heavy atom. The minimum Gasteiger partial charge on any atom is -0.388 e. The summed E-state index contributed by atoms with van der Waals surface area (Å²) in [5, 5.41) is 8.33. The molecular weight excluding hydrogens is 178 g/mol. The summed E-state index contributed by atoms with van der Waals surface area (Å²) >= 11 is 0. The number of hydrogen-bond acceptors (Lipinski definition) is 2. The molecule has 0 aliphatic rings. The summed E-state index contributed by atoms with van der Waals surface area (Å²) in [5.41, 5.74) is 2.73. The Bertz CT molecular complexity index is 467. The van der Waals surface area contributed by atoms with Gasteiger partial charge >= 0.3 is 0 Å². The number of anilines is 1. The number of rotatable bonds is 2. The van der Waals surface area contributed by atoms with Crippen LogP contribution in [0.2, 0.25) is 0 Å². The van der Waals surface area contributed by atoms with Crippen LogP contribution in [0.25, 0.3) is 11.3 Å². The summed E-state index contributed by atoms with van der Waals surface area (Å²) in [5.74, 6) is 0. The smallest absolute Gasteiger partial charge is 0.264 e. The molecule has 1 aromatic carbocycles. The van der Waals surface area contributed by atoms with Crippen molar-refractivity contribution in [3.05, 3.63) is 40.7 Å². The minimum atomic E-state index is -0.113. The molecule has 2 rings (SSSR count). The first-order valence-electron chi connectivity index (χ1n) is 4.35. The molecule has 4 heteroatoms. The summed E-state index contributed by atoms with van der Waals surface area (Å²) in [4.78, 5) is 10.9. The zero-order chi connectivity index (χ0) is 9.97. The van der Waals surface area contributed by atoms with Gasteiger partial charge in [0.25, 0.3) is 5.56 Å². The third-order valence-electron chi connectivity index (χ3n) is 2.08. The second-order valence-corrected chi connectivity index (χ2v) is 3.00. The number of aromatic amines is 2. The maximum Gasteiger partial charge on any atom is 0.264 e. The van der Waals surface area contributed by atoms with Crippen LogP contribution in [0.3, 0.4) is 0 Å². The zero-order valence-electron chi connectivity index (χ0n) is 7.79. The first-order valence-corrected chi connectivity index (χ1v) is 4.35. The van der Waals surface area contributed by atoms with E-state index >= 15 is 0 Å². The lowest BCUT2D eigenvalue weighted by atomic mass is 10.1. The summed E-state index contributed by atoms with van der Waals surface area (Å²) in [6.07, 6.45) is 0. The standard InChI is InChI=1S/C10H11N3O/c1-11-8-4-2-7(3-5-8)9-6-10(14)13-12-9/h2-6,11H,1H3,(H2,12,13,14). The van der Waals surface area contributed by atoms with Crippen LogP contribution in [0.5, 0.6) is 0 Å². The Labute approximate surface area is 81.0 Å². The number of benzene rings is 1. The highest BCUT2D eigenvalue weighted by Crippen LogP contribution is 2.17. The highest BCUT2D eigenvalue weighted by atomic mass is 16.1. The van der Waals surface area contributed by atoms with E-state index in [2.05, 4.69) is 15.5 Å². The van der Waals surface area contributed by atoms with Crippen molar-refractivity contribution in [2.75, 3.05) is 12.4 Å². The maximum absolute atomic E-state index is 10.9. The number of H-pyrrole nitrogens is 2. The molecule has 0 bridgehead atoms. The average molecular weight is 189 g/mol. The summed E-state index contributed by atoms with van der Waals surface area (Å²) in [7, 11) is 1.87. The highest BCUT2D eigenvalue weighted by molar-refractivity contribution is 5.61. The van der Waals surface area contributed by atoms with Crippen LogP contribution < -0.4 is 10.9 Å². The van der Waals surface area contributed by atoms with Gasteiger partial charge in [-0.05, 0) is 17.7 Å². The van der Waals surface area contributed by atoms with Crippen LogP contribution in [0.15, 0.2) is 35.1 Å². The number of nitrogens with one attached hydrogen (secondary N) is 3. The second kappa shape index (κ2) is 3.41. The van der Waals surface area contributed by atoms with E-state index in [9.17, 15) is 4.79 Å². The Morgan fingerprint density at radius 1 is 1.14 bits per heavy atom. The van der Waals surface area contributed by atoms with Gasteiger partial charge in [-0.25, -0.2) is 0 Å². The van der Waals surface area contributed by atoms with Gasteiger partial charge in [0.05, 0.1) is 5.69 Å². The average Bonchev–Trinajstić information content (AvgIpc) is 2.65. The normalized spacial score (nSPS) is 10.1. The molecule has 0 unspecified atom stereocenters. The van der Waals surface area contributed by atoms with E-state index in [0.29, 0.717) is 0 Å². The van der Waals surface area contributed by atoms with E-state index in [1.165, 1.54) is 6.07 Å². The van der Waals surface area contributed by atoms with Crippen LogP contribution in [0.4, 0.5) is 5.69 Å². The lowest BCUT2D eigenvalue weighted by molar-refractivity contribution is 1.06. The zero-order valence-corrected chi connectivity index (χ0v) is 7.79. The van der Waals surface area contributed by atoms with Crippen molar-refractivity contribution in [3.8, 4) is 11.3 Å². The molecule has 3 N–H and O–H groups in total. The molecule has 1 heterocycles. The minimum absolute atomic E-state index is 0.113. The molecule has 14 heavy (non-hydrogen) atoms. The molecule has 0 fully saturated rings. The topological polar surface area (TPSA) is 60.7 Å². The number of aromatic nitrogens is 2. The van der Waals surface area contributed by atoms with Gasteiger partial charge in [0.1, 0.15) is 0 Å². The maximum atomic E-state index is 10.9. The molecule has 0 saturated heterocycles. The molecule has 0 amide bonds. The van der Waals surface area contributed by atoms with Gasteiger partial charge in [-0.15, -0.1) is 0 Å². The fourth-order valence-electron chi connectivity index (χ4n) is 1.30. The Balaban J connectivity index is 2.38. The van der Waals surface area contributed by atoms with Crippen molar-refractivity contribution in [2.45, 2.75) is 0 Å². The predicted octanol–water partition coefficient (Wildman–Crippen LogP) is 1.41. The highest BCUT2D eigenvalue weighted by Gasteiger charge is 1.99. The van der Waals surface area contributed by atoms with Gasteiger partial charge in [-0.2, -0.15) is 0 Å². The summed E-state index contributed by atoms with van der Waals surface area (Å²) < 4.78 is 0. The van der Waals surface area contributed by atoms with Gasteiger partial charge in [-0.1, -0.05) is 12.1 Å². The molecule has 0 spiro atoms. The fourth-order valence-corrected chi connectivity index (χ4v) is 1.30. The van der Waals surface area contributed by atoms with Gasteiger partial charge in [-0.3, -0.25) is 15.0 Å². The monoisotopic (exact) mass is 189 g/mol. The Morgan fingerprint density at radius 2 is 1.86 bits per heavy atom. The Hall–Kier alpha value is -1.97. The molecule has 72 valence electrons. The summed E-state index contributed by atoms with van der Waals surface area (Å²) in [6, 6.07) is 9.35. The van der Waals surface area contributed by atoms with E-state index < -0.39 is 0 Å². The fraction of sp³-hybridized carbons (Fsp3) is 0.100. The second-order valence-electron chi connectivity index (χ2n) is 3.00. The van der Waals surface area contributed by atoms with Crippen molar-refractivity contribution in [3.63, 3.8) is 0 Å². The molecule has 0 atom stereocenters. The van der Waals surface area contributed by atoms with E-state index in [1.807, 2.05) is 31.3 Å². The quantitative estimate of drug-likeness (QED) is 0.669. The van der Waals surface area contributed by atoms with Crippen molar-refractivity contribution in [1.82, 2.24) is 10.2 Å². The van der Waals surface area contributed by atoms with E-state index in [-0.39, 0.29) is 5.56 Å². The van der Waals surface area contributed by atoms with E-state index in [1.54, 1.807) is 0 Å². The van der Waals surface area contributed by atoms with Gasteiger partial charge in [0.15, 0.2) is 0 Å². The van der Waals surface area contributed by atoms with Crippen LogP contribution in [-0.2, 0) is 0 Å². The first kappa shape index (κ1) is 8.62. The van der Waals surface area contributed by atoms with Crippen molar-refractivity contribution < 1.29 is 0 Å². The van der Waals surface area contributed by atoms with E-state index in [4.69, 9.17) is 0 Å². The van der Waals surface area contributed by atoms with Crippen LogP contribution in [-0.4, -0.2) is 17.2 Å². The van der Waals surface area contributed by atoms with Crippen LogP contribution >= 0.6 is 0 Å². The lowest BCUT2D eigenvalue weighted by Crippen LogP contribution is -1.93. The number of hydrogen-bond donors (Lipinski definition) is 3. The van der Waals surface area contributed by atoms with Gasteiger partial charge < -0.3 is 5.32 Å².